The second kappa shape index (κ2) is 7.01. The van der Waals surface area contributed by atoms with Crippen LogP contribution in [0.15, 0.2) is 18.2 Å². The van der Waals surface area contributed by atoms with Crippen LogP contribution in [0, 0.1) is 0 Å². The fourth-order valence-corrected chi connectivity index (χ4v) is 2.96. The highest BCUT2D eigenvalue weighted by Crippen LogP contribution is 2.29. The van der Waals surface area contributed by atoms with Gasteiger partial charge in [-0.05, 0) is 23.3 Å². The lowest BCUT2D eigenvalue weighted by Crippen LogP contribution is -2.41. The first-order chi connectivity index (χ1) is 11.8. The van der Waals surface area contributed by atoms with Gasteiger partial charge in [0.1, 0.15) is 0 Å². The molecule has 0 aliphatic carbocycles. The van der Waals surface area contributed by atoms with E-state index in [1.165, 1.54) is 0 Å². The molecule has 0 radical (unpaired) electrons. The Morgan fingerprint density at radius 3 is 2.48 bits per heavy atom. The molecule has 0 spiro atoms. The molecule has 1 saturated heterocycles. The summed E-state index contributed by atoms with van der Waals surface area (Å²) in [5.74, 6) is -2.04. The van der Waals surface area contributed by atoms with E-state index in [1.54, 1.807) is 18.2 Å². The first-order valence-corrected chi connectivity index (χ1v) is 7.91. The molecule has 2 aliphatic rings. The SMILES string of the molecule is O=C(CN1CCOCC1)Nc1ccc2c(c1)CN(C(=O)C(F)(F)F)C2. The second-order valence-electron chi connectivity index (χ2n) is 6.08. The van der Waals surface area contributed by atoms with Crippen molar-refractivity contribution in [3.8, 4) is 0 Å². The van der Waals surface area contributed by atoms with Crippen molar-refractivity contribution in [2.24, 2.45) is 0 Å². The number of hydrogen-bond acceptors (Lipinski definition) is 4. The van der Waals surface area contributed by atoms with Crippen molar-refractivity contribution in [1.29, 1.82) is 0 Å². The Morgan fingerprint density at radius 1 is 1.12 bits per heavy atom. The smallest absolute Gasteiger partial charge is 0.379 e. The van der Waals surface area contributed by atoms with Gasteiger partial charge in [0.05, 0.1) is 19.8 Å². The van der Waals surface area contributed by atoms with Crippen LogP contribution in [0.5, 0.6) is 0 Å². The lowest BCUT2D eigenvalue weighted by Gasteiger charge is -2.25. The third kappa shape index (κ3) is 4.29. The summed E-state index contributed by atoms with van der Waals surface area (Å²) in [6.07, 6.45) is -4.88. The van der Waals surface area contributed by atoms with E-state index in [0.717, 1.165) is 4.90 Å². The monoisotopic (exact) mass is 357 g/mol. The Kier molecular flexibility index (Phi) is 4.96. The van der Waals surface area contributed by atoms with Gasteiger partial charge in [-0.1, -0.05) is 6.07 Å². The highest BCUT2D eigenvalue weighted by atomic mass is 19.4. The molecule has 0 unspecified atom stereocenters. The lowest BCUT2D eigenvalue weighted by molar-refractivity contribution is -0.186. The maximum atomic E-state index is 12.5. The van der Waals surface area contributed by atoms with Gasteiger partial charge in [-0.3, -0.25) is 14.5 Å². The van der Waals surface area contributed by atoms with Gasteiger partial charge in [0.15, 0.2) is 0 Å². The van der Waals surface area contributed by atoms with E-state index in [2.05, 4.69) is 5.32 Å². The molecule has 0 atom stereocenters. The molecular formula is C16H18F3N3O3. The molecule has 1 aromatic rings. The van der Waals surface area contributed by atoms with Gasteiger partial charge in [-0.2, -0.15) is 13.2 Å². The number of morpholine rings is 1. The number of benzene rings is 1. The predicted molar refractivity (Wildman–Crippen MR) is 82.6 cm³/mol. The van der Waals surface area contributed by atoms with Gasteiger partial charge in [0.25, 0.3) is 0 Å². The van der Waals surface area contributed by atoms with Crippen molar-refractivity contribution in [2.45, 2.75) is 19.3 Å². The highest BCUT2D eigenvalue weighted by molar-refractivity contribution is 5.92. The molecule has 136 valence electrons. The van der Waals surface area contributed by atoms with Crippen LogP contribution in [-0.4, -0.2) is 60.6 Å². The van der Waals surface area contributed by atoms with E-state index in [1.807, 2.05) is 4.90 Å². The van der Waals surface area contributed by atoms with Crippen LogP contribution in [0.1, 0.15) is 11.1 Å². The van der Waals surface area contributed by atoms with Crippen molar-refractivity contribution < 1.29 is 27.5 Å². The third-order valence-corrected chi connectivity index (χ3v) is 4.21. The molecule has 1 N–H and O–H groups in total. The standard InChI is InChI=1S/C16H18F3N3O3/c17-16(18,19)15(24)22-8-11-1-2-13(7-12(11)9-22)20-14(23)10-21-3-5-25-6-4-21/h1-2,7H,3-6,8-10H2,(H,20,23). The normalized spacial score (nSPS) is 18.1. The van der Waals surface area contributed by atoms with Crippen LogP contribution in [0.3, 0.4) is 0 Å². The number of carbonyl (C=O) groups excluding carboxylic acids is 2. The largest absolute Gasteiger partial charge is 0.471 e. The van der Waals surface area contributed by atoms with Crippen molar-refractivity contribution in [1.82, 2.24) is 9.80 Å². The number of anilines is 1. The summed E-state index contributed by atoms with van der Waals surface area (Å²) in [6.45, 7) is 2.61. The van der Waals surface area contributed by atoms with Crippen molar-refractivity contribution in [2.75, 3.05) is 38.2 Å². The van der Waals surface area contributed by atoms with Gasteiger partial charge in [-0.25, -0.2) is 0 Å². The van der Waals surface area contributed by atoms with Crippen molar-refractivity contribution in [3.63, 3.8) is 0 Å². The number of alkyl halides is 3. The first kappa shape index (κ1) is 17.7. The number of halogens is 3. The first-order valence-electron chi connectivity index (χ1n) is 7.91. The summed E-state index contributed by atoms with van der Waals surface area (Å²) in [5, 5.41) is 2.75. The molecule has 0 saturated carbocycles. The molecule has 1 fully saturated rings. The Labute approximate surface area is 142 Å². The van der Waals surface area contributed by atoms with Gasteiger partial charge in [-0.15, -0.1) is 0 Å². The topological polar surface area (TPSA) is 61.9 Å². The number of nitrogens with zero attached hydrogens (tertiary/aromatic N) is 2. The van der Waals surface area contributed by atoms with Gasteiger partial charge < -0.3 is 15.0 Å². The maximum Gasteiger partial charge on any atom is 0.471 e. The minimum absolute atomic E-state index is 0.0737. The Morgan fingerprint density at radius 2 is 1.80 bits per heavy atom. The Hall–Kier alpha value is -2.13. The van der Waals surface area contributed by atoms with E-state index < -0.39 is 12.1 Å². The molecule has 9 heteroatoms. The number of carbonyl (C=O) groups is 2. The lowest BCUT2D eigenvalue weighted by atomic mass is 10.1. The molecule has 0 aromatic heterocycles. The summed E-state index contributed by atoms with van der Waals surface area (Å²) < 4.78 is 42.8. The average molecular weight is 357 g/mol. The van der Waals surface area contributed by atoms with Crippen LogP contribution in [0.4, 0.5) is 18.9 Å². The minimum Gasteiger partial charge on any atom is -0.379 e. The summed E-state index contributed by atoms with van der Waals surface area (Å²) >= 11 is 0. The van der Waals surface area contributed by atoms with E-state index >= 15 is 0 Å². The summed E-state index contributed by atoms with van der Waals surface area (Å²) in [5.41, 5.74) is 1.78. The van der Waals surface area contributed by atoms with Crippen LogP contribution >= 0.6 is 0 Å². The van der Waals surface area contributed by atoms with E-state index in [0.29, 0.717) is 43.1 Å². The fourth-order valence-electron chi connectivity index (χ4n) is 2.96. The second-order valence-corrected chi connectivity index (χ2v) is 6.08. The maximum absolute atomic E-state index is 12.5. The zero-order valence-electron chi connectivity index (χ0n) is 13.4. The zero-order chi connectivity index (χ0) is 18.0. The molecule has 25 heavy (non-hydrogen) atoms. The van der Waals surface area contributed by atoms with E-state index in [-0.39, 0.29) is 25.5 Å². The van der Waals surface area contributed by atoms with Crippen molar-refractivity contribution in [3.05, 3.63) is 29.3 Å². The highest BCUT2D eigenvalue weighted by Gasteiger charge is 2.44. The molecule has 2 amide bonds. The van der Waals surface area contributed by atoms with Crippen LogP contribution in [0.25, 0.3) is 0 Å². The van der Waals surface area contributed by atoms with E-state index in [4.69, 9.17) is 4.74 Å². The van der Waals surface area contributed by atoms with E-state index in [9.17, 15) is 22.8 Å². The molecule has 2 heterocycles. The Bertz CT molecular complexity index is 672. The number of fused-ring (bicyclic) bond motifs is 1. The van der Waals surface area contributed by atoms with Crippen LogP contribution in [-0.2, 0) is 27.4 Å². The van der Waals surface area contributed by atoms with Crippen LogP contribution in [0.2, 0.25) is 0 Å². The van der Waals surface area contributed by atoms with Gasteiger partial charge in [0.2, 0.25) is 5.91 Å². The number of ether oxygens (including phenoxy) is 1. The number of rotatable bonds is 3. The summed E-state index contributed by atoms with van der Waals surface area (Å²) in [4.78, 5) is 26.1. The molecule has 0 bridgehead atoms. The molecule has 2 aliphatic heterocycles. The molecule has 1 aromatic carbocycles. The number of amides is 2. The summed E-state index contributed by atoms with van der Waals surface area (Å²) in [6, 6.07) is 4.90. The third-order valence-electron chi connectivity index (χ3n) is 4.21. The molecule has 6 nitrogen and oxygen atoms in total. The Balaban J connectivity index is 1.59. The van der Waals surface area contributed by atoms with Gasteiger partial charge >= 0.3 is 12.1 Å². The number of nitrogens with one attached hydrogen (secondary N) is 1. The molecule has 3 rings (SSSR count). The average Bonchev–Trinajstić information content (AvgIpc) is 2.97. The summed E-state index contributed by atoms with van der Waals surface area (Å²) in [7, 11) is 0. The van der Waals surface area contributed by atoms with Crippen LogP contribution < -0.4 is 5.32 Å². The quantitative estimate of drug-likeness (QED) is 0.888. The predicted octanol–water partition coefficient (Wildman–Crippen LogP) is 1.36. The number of hydrogen-bond donors (Lipinski definition) is 1. The fraction of sp³-hybridized carbons (Fsp3) is 0.500. The minimum atomic E-state index is -4.88. The van der Waals surface area contributed by atoms with Gasteiger partial charge in [0, 0.05) is 31.9 Å². The zero-order valence-corrected chi connectivity index (χ0v) is 13.4. The van der Waals surface area contributed by atoms with Crippen molar-refractivity contribution >= 4 is 17.5 Å². The molecular weight excluding hydrogens is 339 g/mol.